The van der Waals surface area contributed by atoms with Gasteiger partial charge in [0.25, 0.3) is 5.89 Å². The fraction of sp³-hybridized carbons (Fsp3) is 0.188. The van der Waals surface area contributed by atoms with Crippen LogP contribution >= 0.6 is 11.6 Å². The molecule has 0 aliphatic heterocycles. The van der Waals surface area contributed by atoms with Gasteiger partial charge >= 0.3 is 0 Å². The maximum absolute atomic E-state index is 6.22. The Bertz CT molecular complexity index is 772. The number of aromatic nitrogens is 3. The van der Waals surface area contributed by atoms with Crippen LogP contribution in [0.2, 0.25) is 5.02 Å². The number of pyridine rings is 1. The molecule has 5 nitrogen and oxygen atoms in total. The Labute approximate surface area is 132 Å². The number of benzene rings is 1. The van der Waals surface area contributed by atoms with Crippen molar-refractivity contribution < 1.29 is 9.26 Å². The zero-order chi connectivity index (χ0) is 15.5. The van der Waals surface area contributed by atoms with E-state index < -0.39 is 0 Å². The summed E-state index contributed by atoms with van der Waals surface area (Å²) < 4.78 is 10.8. The summed E-state index contributed by atoms with van der Waals surface area (Å²) in [6, 6.07) is 10.9. The van der Waals surface area contributed by atoms with Crippen molar-refractivity contribution in [2.75, 3.05) is 0 Å². The number of halogens is 1. The van der Waals surface area contributed by atoms with Gasteiger partial charge in [-0.25, -0.2) is 0 Å². The van der Waals surface area contributed by atoms with E-state index in [0.29, 0.717) is 28.2 Å². The molecule has 0 saturated carbocycles. The van der Waals surface area contributed by atoms with Crippen LogP contribution in [0.4, 0.5) is 0 Å². The van der Waals surface area contributed by atoms with Crippen LogP contribution in [0.5, 0.6) is 5.75 Å². The van der Waals surface area contributed by atoms with Crippen LogP contribution in [0, 0.1) is 0 Å². The van der Waals surface area contributed by atoms with E-state index in [1.807, 2.05) is 38.1 Å². The van der Waals surface area contributed by atoms with E-state index in [0.717, 1.165) is 5.56 Å². The van der Waals surface area contributed by atoms with Gasteiger partial charge in [0.1, 0.15) is 11.4 Å². The zero-order valence-corrected chi connectivity index (χ0v) is 12.9. The molecule has 0 bridgehead atoms. The molecule has 1 aromatic carbocycles. The van der Waals surface area contributed by atoms with Crippen molar-refractivity contribution in [3.8, 4) is 28.7 Å². The van der Waals surface area contributed by atoms with Crippen molar-refractivity contribution in [3.05, 3.63) is 47.6 Å². The molecule has 0 radical (unpaired) electrons. The SMILES string of the molecule is CC(C)Oc1ccc(-c2noc(-c3ccccn3)n2)cc1Cl. The van der Waals surface area contributed by atoms with Gasteiger partial charge in [0.05, 0.1) is 11.1 Å². The third-order valence-electron chi connectivity index (χ3n) is 2.86. The Morgan fingerprint density at radius 2 is 2.05 bits per heavy atom. The molecule has 0 saturated heterocycles. The summed E-state index contributed by atoms with van der Waals surface area (Å²) in [6.45, 7) is 3.89. The summed E-state index contributed by atoms with van der Waals surface area (Å²) in [5.41, 5.74) is 1.39. The van der Waals surface area contributed by atoms with Crippen molar-refractivity contribution in [2.45, 2.75) is 20.0 Å². The minimum Gasteiger partial charge on any atom is -0.489 e. The second-order valence-electron chi connectivity index (χ2n) is 4.95. The lowest BCUT2D eigenvalue weighted by Gasteiger charge is -2.11. The molecule has 112 valence electrons. The predicted molar refractivity (Wildman–Crippen MR) is 83.7 cm³/mol. The van der Waals surface area contributed by atoms with Gasteiger partial charge in [-0.05, 0) is 44.2 Å². The van der Waals surface area contributed by atoms with Gasteiger partial charge in [-0.15, -0.1) is 0 Å². The molecular weight excluding hydrogens is 302 g/mol. The first kappa shape index (κ1) is 14.5. The highest BCUT2D eigenvalue weighted by atomic mass is 35.5. The van der Waals surface area contributed by atoms with E-state index in [4.69, 9.17) is 20.9 Å². The van der Waals surface area contributed by atoms with Gasteiger partial charge in [-0.3, -0.25) is 4.98 Å². The van der Waals surface area contributed by atoms with E-state index in [9.17, 15) is 0 Å². The van der Waals surface area contributed by atoms with Crippen molar-refractivity contribution >= 4 is 11.6 Å². The minimum atomic E-state index is 0.0595. The number of hydrogen-bond donors (Lipinski definition) is 0. The van der Waals surface area contributed by atoms with Crippen LogP contribution in [-0.4, -0.2) is 21.2 Å². The molecule has 6 heteroatoms. The van der Waals surface area contributed by atoms with E-state index in [1.165, 1.54) is 0 Å². The van der Waals surface area contributed by atoms with E-state index in [1.54, 1.807) is 18.3 Å². The highest BCUT2D eigenvalue weighted by molar-refractivity contribution is 6.32. The summed E-state index contributed by atoms with van der Waals surface area (Å²) in [6.07, 6.45) is 1.73. The quantitative estimate of drug-likeness (QED) is 0.720. The Morgan fingerprint density at radius 3 is 2.73 bits per heavy atom. The van der Waals surface area contributed by atoms with Crippen LogP contribution in [0.1, 0.15) is 13.8 Å². The topological polar surface area (TPSA) is 61.0 Å². The Morgan fingerprint density at radius 1 is 1.18 bits per heavy atom. The van der Waals surface area contributed by atoms with E-state index in [2.05, 4.69) is 15.1 Å². The van der Waals surface area contributed by atoms with Crippen molar-refractivity contribution in [2.24, 2.45) is 0 Å². The summed E-state index contributed by atoms with van der Waals surface area (Å²) in [5, 5.41) is 4.48. The summed E-state index contributed by atoms with van der Waals surface area (Å²) in [5.74, 6) is 1.46. The molecule has 2 heterocycles. The van der Waals surface area contributed by atoms with Crippen LogP contribution in [0.25, 0.3) is 23.0 Å². The van der Waals surface area contributed by atoms with Crippen LogP contribution < -0.4 is 4.74 Å². The number of hydrogen-bond acceptors (Lipinski definition) is 5. The predicted octanol–water partition coefficient (Wildman–Crippen LogP) is 4.24. The Balaban J connectivity index is 1.89. The highest BCUT2D eigenvalue weighted by Crippen LogP contribution is 2.30. The monoisotopic (exact) mass is 315 g/mol. The molecular formula is C16H14ClN3O2. The minimum absolute atomic E-state index is 0.0595. The zero-order valence-electron chi connectivity index (χ0n) is 12.2. The Kier molecular flexibility index (Phi) is 4.06. The van der Waals surface area contributed by atoms with Crippen molar-refractivity contribution in [3.63, 3.8) is 0 Å². The third-order valence-corrected chi connectivity index (χ3v) is 3.16. The van der Waals surface area contributed by atoms with Gasteiger partial charge in [0.2, 0.25) is 5.82 Å². The number of nitrogens with zero attached hydrogens (tertiary/aromatic N) is 3. The molecule has 0 spiro atoms. The van der Waals surface area contributed by atoms with Crippen LogP contribution in [0.15, 0.2) is 47.1 Å². The van der Waals surface area contributed by atoms with Gasteiger partial charge < -0.3 is 9.26 Å². The summed E-state index contributed by atoms with van der Waals surface area (Å²) >= 11 is 6.22. The molecule has 2 aromatic heterocycles. The lowest BCUT2D eigenvalue weighted by Crippen LogP contribution is -2.05. The Hall–Kier alpha value is -2.40. The van der Waals surface area contributed by atoms with Gasteiger partial charge in [0, 0.05) is 11.8 Å². The van der Waals surface area contributed by atoms with Crippen LogP contribution in [-0.2, 0) is 0 Å². The first-order chi connectivity index (χ1) is 10.6. The van der Waals surface area contributed by atoms with Crippen LogP contribution in [0.3, 0.4) is 0 Å². The maximum Gasteiger partial charge on any atom is 0.276 e. The average molecular weight is 316 g/mol. The highest BCUT2D eigenvalue weighted by Gasteiger charge is 2.13. The lowest BCUT2D eigenvalue weighted by molar-refractivity contribution is 0.242. The molecule has 3 aromatic rings. The molecule has 22 heavy (non-hydrogen) atoms. The first-order valence-corrected chi connectivity index (χ1v) is 7.23. The fourth-order valence-corrected chi connectivity index (χ4v) is 2.15. The standard InChI is InChI=1S/C16H14ClN3O2/c1-10(2)21-14-7-6-11(9-12(14)17)15-19-16(22-20-15)13-5-3-4-8-18-13/h3-10H,1-2H3. The fourth-order valence-electron chi connectivity index (χ4n) is 1.92. The van der Waals surface area contributed by atoms with Gasteiger partial charge in [-0.1, -0.05) is 22.8 Å². The third kappa shape index (κ3) is 3.09. The average Bonchev–Trinajstić information content (AvgIpc) is 3.00. The molecule has 0 aliphatic rings. The second-order valence-corrected chi connectivity index (χ2v) is 5.36. The molecule has 0 unspecified atom stereocenters. The van der Waals surface area contributed by atoms with E-state index >= 15 is 0 Å². The van der Waals surface area contributed by atoms with E-state index in [-0.39, 0.29) is 6.10 Å². The molecule has 0 atom stereocenters. The number of rotatable bonds is 4. The largest absolute Gasteiger partial charge is 0.489 e. The molecule has 0 amide bonds. The summed E-state index contributed by atoms with van der Waals surface area (Å²) in [4.78, 5) is 8.52. The maximum atomic E-state index is 6.22. The van der Waals surface area contributed by atoms with Crippen molar-refractivity contribution in [1.82, 2.24) is 15.1 Å². The lowest BCUT2D eigenvalue weighted by atomic mass is 10.2. The number of ether oxygens (including phenoxy) is 1. The van der Waals surface area contributed by atoms with Gasteiger partial charge in [-0.2, -0.15) is 4.98 Å². The first-order valence-electron chi connectivity index (χ1n) is 6.85. The molecule has 0 fully saturated rings. The second kappa shape index (κ2) is 6.15. The van der Waals surface area contributed by atoms with Gasteiger partial charge in [0.15, 0.2) is 0 Å². The summed E-state index contributed by atoms with van der Waals surface area (Å²) in [7, 11) is 0. The molecule has 0 N–H and O–H groups in total. The normalized spacial score (nSPS) is 10.9. The molecule has 3 rings (SSSR count). The smallest absolute Gasteiger partial charge is 0.276 e. The van der Waals surface area contributed by atoms with Crippen molar-refractivity contribution in [1.29, 1.82) is 0 Å². The molecule has 0 aliphatic carbocycles.